The first kappa shape index (κ1) is 18.9. The molecule has 2 amide bonds. The zero-order valence-corrected chi connectivity index (χ0v) is 16.9. The summed E-state index contributed by atoms with van der Waals surface area (Å²) in [6.07, 6.45) is 3.84. The molecule has 0 bridgehead atoms. The number of Topliss-reactive ketones (excluding diaryl/α,β-unsaturated/α-hetero) is 1. The van der Waals surface area contributed by atoms with Crippen LogP contribution in [-0.4, -0.2) is 66.8 Å². The Morgan fingerprint density at radius 2 is 1.86 bits per heavy atom. The standard InChI is InChI=1S/C22H28N2O5/c1-13-19(20-17(25)3-2-4-18(20)29-13)22(27)24-6-5-14-11-15(16(14)12-24)21(26)23-7-9-28-10-8-23/h14-16H,2-12H2,1H3/t14-,15-,16-/m1/s1. The number of rotatable bonds is 2. The van der Waals surface area contributed by atoms with Crippen molar-refractivity contribution in [3.8, 4) is 0 Å². The molecule has 3 fully saturated rings. The normalized spacial score (nSPS) is 29.1. The molecule has 1 aromatic heterocycles. The van der Waals surface area contributed by atoms with Gasteiger partial charge in [0.1, 0.15) is 11.5 Å². The van der Waals surface area contributed by atoms with Gasteiger partial charge >= 0.3 is 0 Å². The van der Waals surface area contributed by atoms with E-state index in [1.807, 2.05) is 9.80 Å². The van der Waals surface area contributed by atoms with Crippen LogP contribution in [-0.2, 0) is 16.0 Å². The molecule has 1 saturated carbocycles. The number of carbonyl (C=O) groups is 3. The summed E-state index contributed by atoms with van der Waals surface area (Å²) < 4.78 is 11.1. The second-order valence-electron chi connectivity index (χ2n) is 8.85. The summed E-state index contributed by atoms with van der Waals surface area (Å²) in [6.45, 7) is 5.60. The molecule has 5 rings (SSSR count). The number of piperidine rings is 1. The van der Waals surface area contributed by atoms with Crippen LogP contribution in [0.25, 0.3) is 0 Å². The van der Waals surface area contributed by atoms with Gasteiger partial charge in [0.25, 0.3) is 5.91 Å². The summed E-state index contributed by atoms with van der Waals surface area (Å²) in [4.78, 5) is 42.5. The summed E-state index contributed by atoms with van der Waals surface area (Å²) in [5, 5.41) is 0. The maximum atomic E-state index is 13.4. The molecular weight excluding hydrogens is 372 g/mol. The molecule has 0 radical (unpaired) electrons. The fourth-order valence-electron chi connectivity index (χ4n) is 5.59. The predicted molar refractivity (Wildman–Crippen MR) is 104 cm³/mol. The number of hydrogen-bond acceptors (Lipinski definition) is 5. The number of ketones is 1. The number of amides is 2. The minimum Gasteiger partial charge on any atom is -0.465 e. The number of ether oxygens (including phenoxy) is 1. The van der Waals surface area contributed by atoms with Crippen LogP contribution in [0.5, 0.6) is 0 Å². The largest absolute Gasteiger partial charge is 0.465 e. The average Bonchev–Trinajstić information content (AvgIpc) is 3.06. The van der Waals surface area contributed by atoms with Crippen LogP contribution in [0.3, 0.4) is 0 Å². The summed E-state index contributed by atoms with van der Waals surface area (Å²) in [7, 11) is 0. The number of likely N-dealkylation sites (tertiary alicyclic amines) is 1. The molecule has 29 heavy (non-hydrogen) atoms. The Labute approximate surface area is 170 Å². The minimum atomic E-state index is -0.106. The fourth-order valence-corrected chi connectivity index (χ4v) is 5.59. The third-order valence-corrected chi connectivity index (χ3v) is 7.26. The van der Waals surface area contributed by atoms with E-state index in [0.717, 1.165) is 25.7 Å². The number of hydrogen-bond donors (Lipinski definition) is 0. The van der Waals surface area contributed by atoms with Gasteiger partial charge in [-0.3, -0.25) is 14.4 Å². The van der Waals surface area contributed by atoms with E-state index in [9.17, 15) is 14.4 Å². The van der Waals surface area contributed by atoms with E-state index in [4.69, 9.17) is 9.15 Å². The quantitative estimate of drug-likeness (QED) is 0.759. The Bertz CT molecular complexity index is 854. The Balaban J connectivity index is 1.32. The van der Waals surface area contributed by atoms with Crippen molar-refractivity contribution in [3.63, 3.8) is 0 Å². The molecule has 7 heteroatoms. The van der Waals surface area contributed by atoms with Gasteiger partial charge in [-0.2, -0.15) is 0 Å². The minimum absolute atomic E-state index is 0.00898. The van der Waals surface area contributed by atoms with Crippen LogP contribution >= 0.6 is 0 Å². The monoisotopic (exact) mass is 400 g/mol. The van der Waals surface area contributed by atoms with E-state index in [1.165, 1.54) is 0 Å². The summed E-state index contributed by atoms with van der Waals surface area (Å²) in [6, 6.07) is 0. The highest BCUT2D eigenvalue weighted by atomic mass is 16.5. The topological polar surface area (TPSA) is 80.1 Å². The third kappa shape index (κ3) is 3.10. The van der Waals surface area contributed by atoms with Crippen LogP contribution in [0.4, 0.5) is 0 Å². The van der Waals surface area contributed by atoms with Gasteiger partial charge in [0.2, 0.25) is 5.91 Å². The number of furan rings is 1. The highest BCUT2D eigenvalue weighted by Gasteiger charge is 2.50. The van der Waals surface area contributed by atoms with Gasteiger partial charge in [-0.1, -0.05) is 0 Å². The molecule has 3 atom stereocenters. The molecule has 0 unspecified atom stereocenters. The second-order valence-corrected chi connectivity index (χ2v) is 8.85. The predicted octanol–water partition coefficient (Wildman–Crippen LogP) is 2.06. The van der Waals surface area contributed by atoms with E-state index in [-0.39, 0.29) is 29.4 Å². The molecule has 2 aliphatic carbocycles. The molecule has 0 aromatic carbocycles. The molecule has 2 aliphatic heterocycles. The van der Waals surface area contributed by atoms with Crippen LogP contribution in [0.2, 0.25) is 0 Å². The Morgan fingerprint density at radius 3 is 2.66 bits per heavy atom. The highest BCUT2D eigenvalue weighted by molar-refractivity contribution is 6.10. The lowest BCUT2D eigenvalue weighted by Crippen LogP contribution is -2.57. The van der Waals surface area contributed by atoms with Gasteiger partial charge in [0, 0.05) is 44.9 Å². The number of aryl methyl sites for hydroxylation is 2. The van der Waals surface area contributed by atoms with Crippen molar-refractivity contribution in [1.29, 1.82) is 0 Å². The van der Waals surface area contributed by atoms with Crippen molar-refractivity contribution < 1.29 is 23.5 Å². The smallest absolute Gasteiger partial charge is 0.258 e. The van der Waals surface area contributed by atoms with Crippen molar-refractivity contribution in [3.05, 3.63) is 22.6 Å². The van der Waals surface area contributed by atoms with Crippen molar-refractivity contribution in [2.45, 2.75) is 39.0 Å². The van der Waals surface area contributed by atoms with E-state index < -0.39 is 0 Å². The van der Waals surface area contributed by atoms with Crippen molar-refractivity contribution in [1.82, 2.24) is 9.80 Å². The lowest BCUT2D eigenvalue weighted by molar-refractivity contribution is -0.151. The number of morpholine rings is 1. The van der Waals surface area contributed by atoms with Crippen molar-refractivity contribution in [2.75, 3.05) is 39.4 Å². The molecule has 7 nitrogen and oxygen atoms in total. The second kappa shape index (κ2) is 7.27. The summed E-state index contributed by atoms with van der Waals surface area (Å²) in [5.41, 5.74) is 0.967. The first-order chi connectivity index (χ1) is 14.0. The zero-order chi connectivity index (χ0) is 20.1. The van der Waals surface area contributed by atoms with Crippen LogP contribution in [0.15, 0.2) is 4.42 Å². The number of nitrogens with zero attached hydrogens (tertiary/aromatic N) is 2. The Morgan fingerprint density at radius 1 is 1.07 bits per heavy atom. The lowest BCUT2D eigenvalue weighted by atomic mass is 9.61. The maximum absolute atomic E-state index is 13.4. The lowest BCUT2D eigenvalue weighted by Gasteiger charge is -2.51. The van der Waals surface area contributed by atoms with Crippen LogP contribution in [0.1, 0.15) is 57.9 Å². The molecule has 156 valence electrons. The van der Waals surface area contributed by atoms with E-state index >= 15 is 0 Å². The Kier molecular flexibility index (Phi) is 4.73. The van der Waals surface area contributed by atoms with Crippen molar-refractivity contribution in [2.24, 2.45) is 17.8 Å². The van der Waals surface area contributed by atoms with Crippen LogP contribution in [0, 0.1) is 24.7 Å². The molecular formula is C22H28N2O5. The molecule has 4 aliphatic rings. The molecule has 3 heterocycles. The molecule has 2 saturated heterocycles. The highest BCUT2D eigenvalue weighted by Crippen LogP contribution is 2.47. The number of carbonyl (C=O) groups excluding carboxylic acids is 3. The SMILES string of the molecule is Cc1oc2c(c1C(=O)N1CC[C@@H]3C[C@@H](C(=O)N4CCOCC4)[C@@H]3C1)C(=O)CCC2. The van der Waals surface area contributed by atoms with E-state index in [2.05, 4.69) is 0 Å². The van der Waals surface area contributed by atoms with Gasteiger partial charge in [-0.15, -0.1) is 0 Å². The van der Waals surface area contributed by atoms with Crippen molar-refractivity contribution >= 4 is 17.6 Å². The van der Waals surface area contributed by atoms with Gasteiger partial charge in [0.05, 0.1) is 24.3 Å². The zero-order valence-electron chi connectivity index (χ0n) is 16.9. The van der Waals surface area contributed by atoms with Gasteiger partial charge < -0.3 is 19.0 Å². The third-order valence-electron chi connectivity index (χ3n) is 7.26. The van der Waals surface area contributed by atoms with E-state index in [0.29, 0.717) is 74.4 Å². The molecule has 0 N–H and O–H groups in total. The average molecular weight is 400 g/mol. The molecule has 1 aromatic rings. The van der Waals surface area contributed by atoms with E-state index in [1.54, 1.807) is 6.92 Å². The Hall–Kier alpha value is -2.15. The number of fused-ring (bicyclic) bond motifs is 2. The summed E-state index contributed by atoms with van der Waals surface area (Å²) >= 11 is 0. The molecule has 0 spiro atoms. The first-order valence-corrected chi connectivity index (χ1v) is 10.9. The van der Waals surface area contributed by atoms with Gasteiger partial charge in [-0.05, 0) is 38.0 Å². The van der Waals surface area contributed by atoms with Crippen LogP contribution < -0.4 is 0 Å². The van der Waals surface area contributed by atoms with Gasteiger partial charge in [-0.25, -0.2) is 0 Å². The van der Waals surface area contributed by atoms with Gasteiger partial charge in [0.15, 0.2) is 5.78 Å². The summed E-state index contributed by atoms with van der Waals surface area (Å²) in [5.74, 6) is 2.10. The fraction of sp³-hybridized carbons (Fsp3) is 0.682. The first-order valence-electron chi connectivity index (χ1n) is 10.9. The maximum Gasteiger partial charge on any atom is 0.258 e.